The molecular formula is C18H30IN3O4. The Bertz CT molecular complexity index is 567. The molecule has 0 aliphatic heterocycles. The third kappa shape index (κ3) is 9.12. The molecule has 7 nitrogen and oxygen atoms in total. The molecule has 26 heavy (non-hydrogen) atoms. The molecule has 0 aromatic heterocycles. The molecule has 0 aliphatic carbocycles. The van der Waals surface area contributed by atoms with Crippen LogP contribution in [0.4, 0.5) is 0 Å². The van der Waals surface area contributed by atoms with Gasteiger partial charge in [0, 0.05) is 26.6 Å². The standard InChI is InChI=1S/C18H29N3O4.HI/c1-19-18(20-11-6-5-7-17(22)25-4)21-12-10-14-8-9-15(23-2)16(13-14)24-3;/h8-9,13H,5-7,10-12H2,1-4H3,(H2,19,20,21);1H. The fraction of sp³-hybridized carbons (Fsp3) is 0.556. The highest BCUT2D eigenvalue weighted by atomic mass is 127. The van der Waals surface area contributed by atoms with Gasteiger partial charge < -0.3 is 24.8 Å². The van der Waals surface area contributed by atoms with Gasteiger partial charge in [-0.05, 0) is 37.0 Å². The predicted molar refractivity (Wildman–Crippen MR) is 114 cm³/mol. The predicted octanol–water partition coefficient (Wildman–Crippen LogP) is 2.37. The Balaban J connectivity index is 0.00000625. The van der Waals surface area contributed by atoms with Crippen LogP contribution in [-0.2, 0) is 16.0 Å². The van der Waals surface area contributed by atoms with Crippen LogP contribution in [0.2, 0.25) is 0 Å². The maximum atomic E-state index is 11.0. The molecule has 1 aromatic carbocycles. The van der Waals surface area contributed by atoms with Crippen molar-refractivity contribution >= 4 is 35.9 Å². The van der Waals surface area contributed by atoms with Crippen LogP contribution in [0, 0.1) is 0 Å². The van der Waals surface area contributed by atoms with Crippen LogP contribution in [0.1, 0.15) is 24.8 Å². The van der Waals surface area contributed by atoms with Crippen molar-refractivity contribution in [2.45, 2.75) is 25.7 Å². The van der Waals surface area contributed by atoms with Crippen LogP contribution in [0.5, 0.6) is 11.5 Å². The number of halogens is 1. The second-order valence-corrected chi connectivity index (χ2v) is 5.40. The van der Waals surface area contributed by atoms with Crippen molar-refractivity contribution in [1.29, 1.82) is 0 Å². The fourth-order valence-electron chi connectivity index (χ4n) is 2.29. The number of benzene rings is 1. The molecule has 0 heterocycles. The van der Waals surface area contributed by atoms with Crippen molar-refractivity contribution in [3.05, 3.63) is 23.8 Å². The first kappa shape index (κ1) is 24.3. The summed E-state index contributed by atoms with van der Waals surface area (Å²) in [5, 5.41) is 6.50. The summed E-state index contributed by atoms with van der Waals surface area (Å²) in [6.45, 7) is 1.50. The lowest BCUT2D eigenvalue weighted by Crippen LogP contribution is -2.38. The third-order valence-electron chi connectivity index (χ3n) is 3.71. The third-order valence-corrected chi connectivity index (χ3v) is 3.71. The number of rotatable bonds is 10. The minimum absolute atomic E-state index is 0. The number of ether oxygens (including phenoxy) is 3. The van der Waals surface area contributed by atoms with E-state index in [1.807, 2.05) is 18.2 Å². The van der Waals surface area contributed by atoms with Gasteiger partial charge in [0.25, 0.3) is 0 Å². The molecule has 0 saturated carbocycles. The number of nitrogens with one attached hydrogen (secondary N) is 2. The van der Waals surface area contributed by atoms with Crippen molar-refractivity contribution in [3.63, 3.8) is 0 Å². The molecule has 2 N–H and O–H groups in total. The number of guanidine groups is 1. The molecule has 0 fully saturated rings. The Kier molecular flexibility index (Phi) is 13.5. The molecule has 8 heteroatoms. The number of methoxy groups -OCH3 is 3. The van der Waals surface area contributed by atoms with Crippen LogP contribution >= 0.6 is 24.0 Å². The van der Waals surface area contributed by atoms with Gasteiger partial charge in [-0.1, -0.05) is 6.07 Å². The SMILES string of the molecule is CN=C(NCCCCC(=O)OC)NCCc1ccc(OC)c(OC)c1.I. The van der Waals surface area contributed by atoms with E-state index < -0.39 is 0 Å². The normalized spacial score (nSPS) is 10.5. The fourth-order valence-corrected chi connectivity index (χ4v) is 2.29. The van der Waals surface area contributed by atoms with Crippen LogP contribution in [0.15, 0.2) is 23.2 Å². The first-order valence-corrected chi connectivity index (χ1v) is 8.36. The Morgan fingerprint density at radius 3 is 2.35 bits per heavy atom. The number of carbonyl (C=O) groups excluding carboxylic acids is 1. The number of hydrogen-bond acceptors (Lipinski definition) is 5. The summed E-state index contributed by atoms with van der Waals surface area (Å²) in [5.74, 6) is 2.03. The van der Waals surface area contributed by atoms with Gasteiger partial charge in [0.15, 0.2) is 17.5 Å². The number of nitrogens with zero attached hydrogens (tertiary/aromatic N) is 1. The van der Waals surface area contributed by atoms with Crippen molar-refractivity contribution in [2.24, 2.45) is 4.99 Å². The number of aliphatic imine (C=N–C) groups is 1. The lowest BCUT2D eigenvalue weighted by Gasteiger charge is -2.13. The van der Waals surface area contributed by atoms with Crippen molar-refractivity contribution in [1.82, 2.24) is 10.6 Å². The highest BCUT2D eigenvalue weighted by Crippen LogP contribution is 2.27. The molecule has 0 spiro atoms. The lowest BCUT2D eigenvalue weighted by molar-refractivity contribution is -0.140. The van der Waals surface area contributed by atoms with E-state index in [1.165, 1.54) is 7.11 Å². The molecule has 148 valence electrons. The van der Waals surface area contributed by atoms with Gasteiger partial charge >= 0.3 is 5.97 Å². The number of hydrogen-bond donors (Lipinski definition) is 2. The first-order chi connectivity index (χ1) is 12.1. The second kappa shape index (κ2) is 14.5. The van der Waals surface area contributed by atoms with Gasteiger partial charge in [0.1, 0.15) is 0 Å². The number of esters is 1. The van der Waals surface area contributed by atoms with Gasteiger partial charge in [0.05, 0.1) is 21.3 Å². The van der Waals surface area contributed by atoms with Gasteiger partial charge in [-0.2, -0.15) is 0 Å². The summed E-state index contributed by atoms with van der Waals surface area (Å²) in [7, 11) is 6.40. The molecule has 0 radical (unpaired) electrons. The summed E-state index contributed by atoms with van der Waals surface area (Å²) in [6, 6.07) is 5.90. The van der Waals surface area contributed by atoms with Crippen LogP contribution < -0.4 is 20.1 Å². The van der Waals surface area contributed by atoms with Gasteiger partial charge in [-0.3, -0.25) is 9.79 Å². The molecule has 0 aliphatic rings. The number of unbranched alkanes of at least 4 members (excludes halogenated alkanes) is 1. The second-order valence-electron chi connectivity index (χ2n) is 5.40. The molecule has 0 bridgehead atoms. The summed E-state index contributed by atoms with van der Waals surface area (Å²) in [6.07, 6.45) is 2.96. The molecule has 1 aromatic rings. The number of carbonyl (C=O) groups is 1. The Morgan fingerprint density at radius 1 is 1.04 bits per heavy atom. The first-order valence-electron chi connectivity index (χ1n) is 8.36. The van der Waals surface area contributed by atoms with E-state index in [0.717, 1.165) is 55.4 Å². The quantitative estimate of drug-likeness (QED) is 0.176. The Hall–Kier alpha value is -1.71. The molecule has 0 atom stereocenters. The maximum Gasteiger partial charge on any atom is 0.305 e. The van der Waals surface area contributed by atoms with E-state index in [2.05, 4.69) is 20.4 Å². The van der Waals surface area contributed by atoms with E-state index in [-0.39, 0.29) is 29.9 Å². The minimum Gasteiger partial charge on any atom is -0.493 e. The lowest BCUT2D eigenvalue weighted by atomic mass is 10.1. The van der Waals surface area contributed by atoms with E-state index in [4.69, 9.17) is 9.47 Å². The highest BCUT2D eigenvalue weighted by molar-refractivity contribution is 14.0. The smallest absolute Gasteiger partial charge is 0.305 e. The summed E-state index contributed by atoms with van der Waals surface area (Å²) < 4.78 is 15.2. The van der Waals surface area contributed by atoms with Crippen molar-refractivity contribution < 1.29 is 19.0 Å². The summed E-state index contributed by atoms with van der Waals surface area (Å²) in [5.41, 5.74) is 1.15. The average Bonchev–Trinajstić information content (AvgIpc) is 2.65. The zero-order chi connectivity index (χ0) is 18.5. The topological polar surface area (TPSA) is 81.2 Å². The maximum absolute atomic E-state index is 11.0. The van der Waals surface area contributed by atoms with Crippen LogP contribution in [0.3, 0.4) is 0 Å². The highest BCUT2D eigenvalue weighted by Gasteiger charge is 2.05. The zero-order valence-electron chi connectivity index (χ0n) is 16.0. The van der Waals surface area contributed by atoms with Gasteiger partial charge in [0.2, 0.25) is 0 Å². The molecule has 0 saturated heterocycles. The monoisotopic (exact) mass is 479 g/mol. The summed E-state index contributed by atoms with van der Waals surface area (Å²) >= 11 is 0. The molecule has 1 rings (SSSR count). The minimum atomic E-state index is -0.169. The van der Waals surface area contributed by atoms with Crippen molar-refractivity contribution in [2.75, 3.05) is 41.5 Å². The van der Waals surface area contributed by atoms with E-state index >= 15 is 0 Å². The van der Waals surface area contributed by atoms with E-state index in [9.17, 15) is 4.79 Å². The van der Waals surface area contributed by atoms with Gasteiger partial charge in [-0.25, -0.2) is 0 Å². The van der Waals surface area contributed by atoms with Crippen LogP contribution in [0.25, 0.3) is 0 Å². The van der Waals surface area contributed by atoms with E-state index in [1.54, 1.807) is 21.3 Å². The average molecular weight is 479 g/mol. The molecule has 0 amide bonds. The largest absolute Gasteiger partial charge is 0.493 e. The summed E-state index contributed by atoms with van der Waals surface area (Å²) in [4.78, 5) is 15.2. The molecular weight excluding hydrogens is 449 g/mol. The van der Waals surface area contributed by atoms with E-state index in [0.29, 0.717) is 6.42 Å². The Morgan fingerprint density at radius 2 is 1.73 bits per heavy atom. The zero-order valence-corrected chi connectivity index (χ0v) is 18.3. The van der Waals surface area contributed by atoms with Gasteiger partial charge in [-0.15, -0.1) is 24.0 Å². The molecule has 0 unspecified atom stereocenters. The Labute approximate surface area is 172 Å². The van der Waals surface area contributed by atoms with Crippen molar-refractivity contribution in [3.8, 4) is 11.5 Å². The van der Waals surface area contributed by atoms with Crippen LogP contribution in [-0.4, -0.2) is 53.4 Å².